The van der Waals surface area contributed by atoms with Gasteiger partial charge in [-0.25, -0.2) is 0 Å². The van der Waals surface area contributed by atoms with Crippen molar-refractivity contribution in [2.45, 2.75) is 69.7 Å². The second-order valence-corrected chi connectivity index (χ2v) is 6.22. The predicted molar refractivity (Wildman–Crippen MR) is 70.0 cm³/mol. The molecule has 0 aromatic heterocycles. The van der Waals surface area contributed by atoms with Crippen LogP contribution in [-0.4, -0.2) is 41.9 Å². The number of rotatable bonds is 5. The first-order valence-corrected chi connectivity index (χ1v) is 7.09. The molecule has 2 nitrogen and oxygen atoms in total. The van der Waals surface area contributed by atoms with Crippen LogP contribution in [0.5, 0.6) is 0 Å². The molecule has 1 fully saturated rings. The van der Waals surface area contributed by atoms with E-state index in [1.165, 1.54) is 0 Å². The first-order valence-electron chi connectivity index (χ1n) is 7.09. The summed E-state index contributed by atoms with van der Waals surface area (Å²) in [7, 11) is 3.84. The summed E-state index contributed by atoms with van der Waals surface area (Å²) in [5, 5.41) is 10.4. The molecule has 0 spiro atoms. The van der Waals surface area contributed by atoms with Crippen LogP contribution in [-0.2, 0) is 0 Å². The number of hydrogen-bond donors (Lipinski definition) is 1. The van der Waals surface area contributed by atoms with Gasteiger partial charge >= 0.3 is 6.18 Å². The highest BCUT2D eigenvalue weighted by molar-refractivity contribution is 4.98. The van der Waals surface area contributed by atoms with Gasteiger partial charge in [0, 0.05) is 12.0 Å². The number of nitrogens with zero attached hydrogens (tertiary/aromatic N) is 1. The number of likely N-dealkylation sites (N-methyl/N-ethyl adjacent to an activating group) is 1. The van der Waals surface area contributed by atoms with Gasteiger partial charge in [-0.15, -0.1) is 0 Å². The molecule has 0 saturated heterocycles. The van der Waals surface area contributed by atoms with Gasteiger partial charge in [0.1, 0.15) is 0 Å². The summed E-state index contributed by atoms with van der Waals surface area (Å²) in [6.45, 7) is 2.15. The Labute approximate surface area is 114 Å². The fraction of sp³-hybridized carbons (Fsp3) is 1.00. The van der Waals surface area contributed by atoms with Gasteiger partial charge in [-0.3, -0.25) is 0 Å². The van der Waals surface area contributed by atoms with Crippen molar-refractivity contribution >= 4 is 0 Å². The Balaban J connectivity index is 2.60. The minimum Gasteiger partial charge on any atom is -0.391 e. The molecule has 5 heteroatoms. The van der Waals surface area contributed by atoms with Gasteiger partial charge in [0.15, 0.2) is 0 Å². The first kappa shape index (κ1) is 16.8. The zero-order chi connectivity index (χ0) is 14.7. The third-order valence-electron chi connectivity index (χ3n) is 4.46. The maximum Gasteiger partial charge on any atom is 0.389 e. The molecule has 0 aromatic carbocycles. The average Bonchev–Trinajstić information content (AvgIpc) is 2.26. The topological polar surface area (TPSA) is 23.5 Å². The molecule has 3 unspecified atom stereocenters. The van der Waals surface area contributed by atoms with E-state index in [1.54, 1.807) is 0 Å². The molecule has 0 amide bonds. The number of halogens is 3. The van der Waals surface area contributed by atoms with E-state index in [1.807, 2.05) is 19.0 Å². The largest absolute Gasteiger partial charge is 0.391 e. The molecule has 0 aromatic rings. The van der Waals surface area contributed by atoms with E-state index in [4.69, 9.17) is 0 Å². The highest BCUT2D eigenvalue weighted by Gasteiger charge is 2.43. The van der Waals surface area contributed by atoms with E-state index in [2.05, 4.69) is 6.92 Å². The van der Waals surface area contributed by atoms with Crippen LogP contribution in [0, 0.1) is 5.92 Å². The van der Waals surface area contributed by atoms with Gasteiger partial charge in [-0.1, -0.05) is 19.8 Å². The second-order valence-electron chi connectivity index (χ2n) is 6.22. The molecule has 0 bridgehead atoms. The van der Waals surface area contributed by atoms with Gasteiger partial charge in [-0.05, 0) is 45.7 Å². The Morgan fingerprint density at radius 1 is 1.37 bits per heavy atom. The SMILES string of the molecule is CC1CCCC(C(O)CCCC(F)(F)F)(N(C)C)C1. The van der Waals surface area contributed by atoms with Crippen LogP contribution < -0.4 is 0 Å². The maximum absolute atomic E-state index is 12.2. The molecule has 1 aliphatic carbocycles. The van der Waals surface area contributed by atoms with Crippen LogP contribution in [0.2, 0.25) is 0 Å². The standard InChI is InChI=1S/C14H26F3NO/c1-11-6-4-8-13(10-11,18(2)3)12(19)7-5-9-14(15,16)17/h11-12,19H,4-10H2,1-3H3. The quantitative estimate of drug-likeness (QED) is 0.832. The van der Waals surface area contributed by atoms with Crippen molar-refractivity contribution in [2.75, 3.05) is 14.1 Å². The molecular formula is C14H26F3NO. The number of aliphatic hydroxyl groups is 1. The van der Waals surface area contributed by atoms with Crippen molar-refractivity contribution in [3.05, 3.63) is 0 Å². The number of alkyl halides is 3. The number of aliphatic hydroxyl groups excluding tert-OH is 1. The second kappa shape index (κ2) is 6.44. The summed E-state index contributed by atoms with van der Waals surface area (Å²) >= 11 is 0. The van der Waals surface area contributed by atoms with E-state index in [9.17, 15) is 18.3 Å². The van der Waals surface area contributed by atoms with E-state index in [0.717, 1.165) is 25.7 Å². The van der Waals surface area contributed by atoms with Gasteiger partial charge in [0.2, 0.25) is 0 Å². The molecular weight excluding hydrogens is 255 g/mol. The van der Waals surface area contributed by atoms with Crippen LogP contribution in [0.25, 0.3) is 0 Å². The number of hydrogen-bond acceptors (Lipinski definition) is 2. The zero-order valence-corrected chi connectivity index (χ0v) is 12.1. The third-order valence-corrected chi connectivity index (χ3v) is 4.46. The van der Waals surface area contributed by atoms with Crippen molar-refractivity contribution in [1.29, 1.82) is 0 Å². The van der Waals surface area contributed by atoms with E-state index < -0.39 is 18.7 Å². The Hall–Kier alpha value is -0.290. The van der Waals surface area contributed by atoms with Gasteiger partial charge in [-0.2, -0.15) is 13.2 Å². The molecule has 0 radical (unpaired) electrons. The molecule has 1 N–H and O–H groups in total. The lowest BCUT2D eigenvalue weighted by atomic mass is 9.71. The van der Waals surface area contributed by atoms with Crippen molar-refractivity contribution < 1.29 is 18.3 Å². The molecule has 3 atom stereocenters. The van der Waals surface area contributed by atoms with Crippen molar-refractivity contribution in [3.8, 4) is 0 Å². The summed E-state index contributed by atoms with van der Waals surface area (Å²) in [4.78, 5) is 2.01. The fourth-order valence-corrected chi connectivity index (χ4v) is 3.34. The monoisotopic (exact) mass is 281 g/mol. The highest BCUT2D eigenvalue weighted by Crippen LogP contribution is 2.39. The summed E-state index contributed by atoms with van der Waals surface area (Å²) in [6, 6.07) is 0. The van der Waals surface area contributed by atoms with Crippen molar-refractivity contribution in [2.24, 2.45) is 5.92 Å². The predicted octanol–water partition coefficient (Wildman–Crippen LogP) is 3.59. The Morgan fingerprint density at radius 3 is 2.47 bits per heavy atom. The Bertz CT molecular complexity index is 280. The molecule has 1 rings (SSSR count). The minimum absolute atomic E-state index is 0.00857. The molecule has 114 valence electrons. The lowest BCUT2D eigenvalue weighted by Crippen LogP contribution is -2.56. The van der Waals surface area contributed by atoms with Crippen molar-refractivity contribution in [3.63, 3.8) is 0 Å². The zero-order valence-electron chi connectivity index (χ0n) is 12.1. The van der Waals surface area contributed by atoms with E-state index in [-0.39, 0.29) is 18.4 Å². The highest BCUT2D eigenvalue weighted by atomic mass is 19.4. The molecule has 1 saturated carbocycles. The Morgan fingerprint density at radius 2 is 2.00 bits per heavy atom. The van der Waals surface area contributed by atoms with E-state index in [0.29, 0.717) is 5.92 Å². The first-order chi connectivity index (χ1) is 8.67. The lowest BCUT2D eigenvalue weighted by Gasteiger charge is -2.48. The third kappa shape index (κ3) is 4.63. The summed E-state index contributed by atoms with van der Waals surface area (Å²) < 4.78 is 36.5. The van der Waals surface area contributed by atoms with Crippen LogP contribution in [0.3, 0.4) is 0 Å². The minimum atomic E-state index is -4.12. The fourth-order valence-electron chi connectivity index (χ4n) is 3.34. The van der Waals surface area contributed by atoms with E-state index >= 15 is 0 Å². The average molecular weight is 281 g/mol. The summed E-state index contributed by atoms with van der Waals surface area (Å²) in [5.74, 6) is 0.522. The summed E-state index contributed by atoms with van der Waals surface area (Å²) in [6.07, 6.45) is -1.44. The smallest absolute Gasteiger partial charge is 0.389 e. The molecule has 1 aliphatic rings. The maximum atomic E-state index is 12.2. The van der Waals surface area contributed by atoms with Crippen LogP contribution in [0.1, 0.15) is 51.9 Å². The molecule has 0 aliphatic heterocycles. The van der Waals surface area contributed by atoms with Crippen LogP contribution >= 0.6 is 0 Å². The van der Waals surface area contributed by atoms with Gasteiger partial charge in [0.25, 0.3) is 0 Å². The molecule has 19 heavy (non-hydrogen) atoms. The van der Waals surface area contributed by atoms with Crippen LogP contribution in [0.4, 0.5) is 13.2 Å². The van der Waals surface area contributed by atoms with Crippen LogP contribution in [0.15, 0.2) is 0 Å². The Kier molecular flexibility index (Phi) is 5.68. The van der Waals surface area contributed by atoms with Crippen molar-refractivity contribution in [1.82, 2.24) is 4.90 Å². The normalized spacial score (nSPS) is 30.6. The summed E-state index contributed by atoms with van der Waals surface area (Å²) in [5.41, 5.74) is -0.344. The van der Waals surface area contributed by atoms with Gasteiger partial charge < -0.3 is 10.0 Å². The lowest BCUT2D eigenvalue weighted by molar-refractivity contribution is -0.138. The van der Waals surface area contributed by atoms with Gasteiger partial charge in [0.05, 0.1) is 6.10 Å². The molecule has 0 heterocycles.